The average molecular weight is 243 g/mol. The van der Waals surface area contributed by atoms with Crippen LogP contribution in [0.3, 0.4) is 0 Å². The summed E-state index contributed by atoms with van der Waals surface area (Å²) in [6, 6.07) is 5.86. The van der Waals surface area contributed by atoms with Crippen molar-refractivity contribution in [1.82, 2.24) is 10.0 Å². The molecule has 0 aliphatic carbocycles. The first-order valence-electron chi connectivity index (χ1n) is 6.01. The van der Waals surface area contributed by atoms with Gasteiger partial charge in [-0.05, 0) is 12.8 Å². The van der Waals surface area contributed by atoms with Crippen LogP contribution in [0.4, 0.5) is 0 Å². The van der Waals surface area contributed by atoms with Crippen LogP contribution < -0.4 is 0 Å². The van der Waals surface area contributed by atoms with E-state index >= 15 is 0 Å². The van der Waals surface area contributed by atoms with Gasteiger partial charge in [-0.3, -0.25) is 5.01 Å². The van der Waals surface area contributed by atoms with Crippen molar-refractivity contribution in [1.29, 1.82) is 15.8 Å². The number of hydrazine groups is 1. The molecule has 0 aromatic heterocycles. The van der Waals surface area contributed by atoms with E-state index in [-0.39, 0.29) is 17.5 Å². The Balaban J connectivity index is 3.29. The van der Waals surface area contributed by atoms with E-state index in [2.05, 4.69) is 13.0 Å². The molecule has 0 aromatic carbocycles. The summed E-state index contributed by atoms with van der Waals surface area (Å²) in [6.45, 7) is 2.07. The van der Waals surface area contributed by atoms with Crippen molar-refractivity contribution < 1.29 is 0 Å². The molecule has 1 heterocycles. The number of allylic oxidation sites excluding steroid dienone is 2. The largest absolute Gasteiger partial charge is 0.291 e. The normalized spacial score (nSPS) is 22.5. The number of hydrogen-bond acceptors (Lipinski definition) is 5. The van der Waals surface area contributed by atoms with E-state index in [1.54, 1.807) is 10.0 Å². The predicted octanol–water partition coefficient (Wildman–Crippen LogP) is 1.78. The molecular formula is C13H17N5. The maximum atomic E-state index is 9.21. The van der Waals surface area contributed by atoms with E-state index in [1.165, 1.54) is 0 Å². The minimum atomic E-state index is -0.289. The van der Waals surface area contributed by atoms with E-state index in [4.69, 9.17) is 10.5 Å². The fourth-order valence-corrected chi connectivity index (χ4v) is 2.50. The minimum absolute atomic E-state index is 0.122. The second-order valence-electron chi connectivity index (χ2n) is 4.54. The second kappa shape index (κ2) is 6.05. The van der Waals surface area contributed by atoms with Gasteiger partial charge in [0.2, 0.25) is 0 Å². The molecular weight excluding hydrogens is 226 g/mol. The Morgan fingerprint density at radius 2 is 1.94 bits per heavy atom. The highest BCUT2D eigenvalue weighted by Crippen LogP contribution is 2.38. The van der Waals surface area contributed by atoms with Gasteiger partial charge in [0.15, 0.2) is 0 Å². The summed E-state index contributed by atoms with van der Waals surface area (Å²) in [5.74, 6) is 0.122. The van der Waals surface area contributed by atoms with E-state index in [0.717, 1.165) is 12.8 Å². The highest BCUT2D eigenvalue weighted by molar-refractivity contribution is 5.42. The number of nitriles is 3. The van der Waals surface area contributed by atoms with Crippen molar-refractivity contribution in [2.45, 2.75) is 32.2 Å². The molecule has 1 fully saturated rings. The van der Waals surface area contributed by atoms with E-state index in [1.807, 2.05) is 26.2 Å². The van der Waals surface area contributed by atoms with Gasteiger partial charge in [0.05, 0.1) is 11.8 Å². The van der Waals surface area contributed by atoms with Gasteiger partial charge >= 0.3 is 0 Å². The molecule has 0 bridgehead atoms. The van der Waals surface area contributed by atoms with Crippen LogP contribution in [0.2, 0.25) is 0 Å². The molecule has 0 radical (unpaired) electrons. The Morgan fingerprint density at radius 3 is 2.33 bits per heavy atom. The monoisotopic (exact) mass is 243 g/mol. The first-order valence-corrected chi connectivity index (χ1v) is 6.01. The Hall–Kier alpha value is -2.03. The van der Waals surface area contributed by atoms with Gasteiger partial charge in [-0.2, -0.15) is 15.8 Å². The summed E-state index contributed by atoms with van der Waals surface area (Å²) < 4.78 is 0. The van der Waals surface area contributed by atoms with Gasteiger partial charge in [0.1, 0.15) is 23.8 Å². The lowest BCUT2D eigenvalue weighted by atomic mass is 9.95. The molecule has 0 aromatic rings. The zero-order valence-corrected chi connectivity index (χ0v) is 11.0. The summed E-state index contributed by atoms with van der Waals surface area (Å²) in [5, 5.41) is 30.9. The summed E-state index contributed by atoms with van der Waals surface area (Å²) in [4.78, 5) is 0. The third-order valence-corrected chi connectivity index (χ3v) is 3.13. The van der Waals surface area contributed by atoms with Crippen LogP contribution in [-0.4, -0.2) is 30.2 Å². The van der Waals surface area contributed by atoms with Crippen LogP contribution in [0, 0.1) is 39.9 Å². The van der Waals surface area contributed by atoms with Gasteiger partial charge in [-0.25, -0.2) is 5.01 Å². The smallest absolute Gasteiger partial charge is 0.150 e. The van der Waals surface area contributed by atoms with Crippen molar-refractivity contribution >= 4 is 0 Å². The zero-order valence-electron chi connectivity index (χ0n) is 11.0. The lowest BCUT2D eigenvalue weighted by Crippen LogP contribution is -2.39. The molecule has 1 aliphatic rings. The Kier molecular flexibility index (Phi) is 4.72. The Bertz CT molecular complexity index is 441. The third kappa shape index (κ3) is 2.45. The molecule has 1 saturated heterocycles. The molecule has 0 saturated carbocycles. The van der Waals surface area contributed by atoms with E-state index in [0.29, 0.717) is 12.1 Å². The lowest BCUT2D eigenvalue weighted by Gasteiger charge is -2.31. The van der Waals surface area contributed by atoms with Gasteiger partial charge in [0.25, 0.3) is 0 Å². The maximum absolute atomic E-state index is 9.21. The van der Waals surface area contributed by atoms with E-state index in [9.17, 15) is 5.26 Å². The first-order chi connectivity index (χ1) is 8.60. The van der Waals surface area contributed by atoms with Crippen LogP contribution in [0.1, 0.15) is 26.2 Å². The second-order valence-corrected chi connectivity index (χ2v) is 4.54. The Labute approximate surface area is 108 Å². The van der Waals surface area contributed by atoms with Gasteiger partial charge in [-0.15, -0.1) is 0 Å². The number of nitrogens with zero attached hydrogens (tertiary/aromatic N) is 5. The quantitative estimate of drug-likeness (QED) is 0.706. The predicted molar refractivity (Wildman–Crippen MR) is 66.2 cm³/mol. The SMILES string of the molecule is CCC[C@H]1C[C@@H](C#N)N(N(C)C)C1=C(C#N)C#N. The van der Waals surface area contributed by atoms with Crippen LogP contribution in [0.5, 0.6) is 0 Å². The van der Waals surface area contributed by atoms with Crippen LogP contribution >= 0.6 is 0 Å². The first kappa shape index (κ1) is 14.0. The molecule has 0 amide bonds. The van der Waals surface area contributed by atoms with Crippen molar-refractivity contribution in [3.63, 3.8) is 0 Å². The van der Waals surface area contributed by atoms with Gasteiger partial charge < -0.3 is 0 Å². The van der Waals surface area contributed by atoms with Crippen molar-refractivity contribution in [2.24, 2.45) is 5.92 Å². The highest BCUT2D eigenvalue weighted by Gasteiger charge is 2.39. The molecule has 5 heteroatoms. The standard InChI is InChI=1S/C13H17N5/c1-4-5-10-6-12(9-16)18(17(2)3)13(10)11(7-14)8-15/h10,12H,4-6H2,1-3H3/t10-,12-/m0/s1. The van der Waals surface area contributed by atoms with Crippen molar-refractivity contribution in [2.75, 3.05) is 14.1 Å². The fourth-order valence-electron chi connectivity index (χ4n) is 2.50. The molecule has 1 aliphatic heterocycles. The average Bonchev–Trinajstić information content (AvgIpc) is 2.70. The minimum Gasteiger partial charge on any atom is -0.291 e. The van der Waals surface area contributed by atoms with Gasteiger partial charge in [-0.1, -0.05) is 13.3 Å². The van der Waals surface area contributed by atoms with E-state index < -0.39 is 0 Å². The van der Waals surface area contributed by atoms with Crippen molar-refractivity contribution in [3.8, 4) is 18.2 Å². The van der Waals surface area contributed by atoms with Crippen LogP contribution in [-0.2, 0) is 0 Å². The topological polar surface area (TPSA) is 77.8 Å². The number of rotatable bonds is 3. The molecule has 0 unspecified atom stereocenters. The molecule has 5 nitrogen and oxygen atoms in total. The van der Waals surface area contributed by atoms with Gasteiger partial charge in [0, 0.05) is 20.0 Å². The summed E-state index contributed by atoms with van der Waals surface area (Å²) in [7, 11) is 3.65. The fraction of sp³-hybridized carbons (Fsp3) is 0.615. The third-order valence-electron chi connectivity index (χ3n) is 3.13. The number of hydrogen-bond donors (Lipinski definition) is 0. The van der Waals surface area contributed by atoms with Crippen LogP contribution in [0.25, 0.3) is 0 Å². The summed E-state index contributed by atoms with van der Waals surface area (Å²) >= 11 is 0. The molecule has 2 atom stereocenters. The molecule has 1 rings (SSSR count). The summed E-state index contributed by atoms with van der Waals surface area (Å²) in [6.07, 6.45) is 2.55. The Morgan fingerprint density at radius 1 is 1.33 bits per heavy atom. The maximum Gasteiger partial charge on any atom is 0.150 e. The lowest BCUT2D eigenvalue weighted by molar-refractivity contribution is 0.0598. The summed E-state index contributed by atoms with van der Waals surface area (Å²) in [5.41, 5.74) is 0.832. The van der Waals surface area contributed by atoms with Crippen LogP contribution in [0.15, 0.2) is 11.3 Å². The van der Waals surface area contributed by atoms with Crippen molar-refractivity contribution in [3.05, 3.63) is 11.3 Å². The molecule has 0 N–H and O–H groups in total. The molecule has 18 heavy (non-hydrogen) atoms. The molecule has 0 spiro atoms. The molecule has 94 valence electrons. The highest BCUT2D eigenvalue weighted by atomic mass is 15.6. The zero-order chi connectivity index (χ0) is 13.7.